The van der Waals surface area contributed by atoms with E-state index in [0.717, 1.165) is 25.4 Å². The van der Waals surface area contributed by atoms with Gasteiger partial charge < -0.3 is 10.1 Å². The SMILES string of the molecule is COCCCn1nnnc1CNC(C)(C)C. The molecule has 1 heterocycles. The maximum atomic E-state index is 5.00. The topological polar surface area (TPSA) is 64.9 Å². The van der Waals surface area contributed by atoms with Gasteiger partial charge in [0.15, 0.2) is 5.82 Å². The van der Waals surface area contributed by atoms with Crippen LogP contribution in [-0.2, 0) is 17.8 Å². The minimum Gasteiger partial charge on any atom is -0.385 e. The highest BCUT2D eigenvalue weighted by atomic mass is 16.5. The van der Waals surface area contributed by atoms with Gasteiger partial charge in [-0.15, -0.1) is 5.10 Å². The van der Waals surface area contributed by atoms with Gasteiger partial charge in [0.1, 0.15) is 0 Å². The molecule has 1 N–H and O–H groups in total. The first kappa shape index (κ1) is 13.1. The first-order valence-electron chi connectivity index (χ1n) is 5.52. The van der Waals surface area contributed by atoms with Gasteiger partial charge in [-0.3, -0.25) is 0 Å². The second-order valence-corrected chi connectivity index (χ2v) is 4.77. The van der Waals surface area contributed by atoms with Gasteiger partial charge in [-0.2, -0.15) is 0 Å². The minimum absolute atomic E-state index is 0.0727. The number of aromatic nitrogens is 4. The van der Waals surface area contributed by atoms with Crippen LogP contribution in [0.25, 0.3) is 0 Å². The van der Waals surface area contributed by atoms with E-state index >= 15 is 0 Å². The lowest BCUT2D eigenvalue weighted by atomic mass is 10.1. The molecule has 0 amide bonds. The normalized spacial score (nSPS) is 12.0. The summed E-state index contributed by atoms with van der Waals surface area (Å²) in [5.74, 6) is 0.867. The number of aryl methyl sites for hydroxylation is 1. The lowest BCUT2D eigenvalue weighted by Gasteiger charge is -2.19. The molecule has 0 saturated heterocycles. The second-order valence-electron chi connectivity index (χ2n) is 4.77. The Balaban J connectivity index is 2.44. The van der Waals surface area contributed by atoms with Crippen molar-refractivity contribution in [3.05, 3.63) is 5.82 Å². The van der Waals surface area contributed by atoms with Crippen molar-refractivity contribution in [3.63, 3.8) is 0 Å². The van der Waals surface area contributed by atoms with E-state index in [1.54, 1.807) is 7.11 Å². The van der Waals surface area contributed by atoms with E-state index < -0.39 is 0 Å². The first-order chi connectivity index (χ1) is 7.53. The maximum absolute atomic E-state index is 5.00. The van der Waals surface area contributed by atoms with E-state index in [1.165, 1.54) is 0 Å². The number of methoxy groups -OCH3 is 1. The van der Waals surface area contributed by atoms with Crippen molar-refractivity contribution < 1.29 is 4.74 Å². The third kappa shape index (κ3) is 4.67. The van der Waals surface area contributed by atoms with Crippen LogP contribution in [0.4, 0.5) is 0 Å². The third-order valence-corrected chi connectivity index (χ3v) is 2.10. The van der Waals surface area contributed by atoms with Crippen LogP contribution in [0.5, 0.6) is 0 Å². The van der Waals surface area contributed by atoms with Gasteiger partial charge in [-0.1, -0.05) is 0 Å². The van der Waals surface area contributed by atoms with Crippen LogP contribution in [-0.4, -0.2) is 39.5 Å². The van der Waals surface area contributed by atoms with Crippen LogP contribution in [0.15, 0.2) is 0 Å². The molecule has 0 aliphatic carbocycles. The van der Waals surface area contributed by atoms with E-state index in [4.69, 9.17) is 4.74 Å². The van der Waals surface area contributed by atoms with Gasteiger partial charge >= 0.3 is 0 Å². The number of tetrazole rings is 1. The summed E-state index contributed by atoms with van der Waals surface area (Å²) >= 11 is 0. The summed E-state index contributed by atoms with van der Waals surface area (Å²) in [7, 11) is 1.70. The molecule has 0 fully saturated rings. The molecule has 0 unspecified atom stereocenters. The molecule has 0 aromatic carbocycles. The van der Waals surface area contributed by atoms with E-state index in [1.807, 2.05) is 4.68 Å². The highest BCUT2D eigenvalue weighted by Gasteiger charge is 2.12. The fraction of sp³-hybridized carbons (Fsp3) is 0.900. The fourth-order valence-electron chi connectivity index (χ4n) is 1.23. The molecule has 0 bridgehead atoms. The molecule has 16 heavy (non-hydrogen) atoms. The zero-order valence-electron chi connectivity index (χ0n) is 10.5. The predicted molar refractivity (Wildman–Crippen MR) is 60.9 cm³/mol. The predicted octanol–water partition coefficient (Wildman–Crippen LogP) is 0.598. The molecule has 6 nitrogen and oxygen atoms in total. The van der Waals surface area contributed by atoms with Crippen molar-refractivity contribution in [1.29, 1.82) is 0 Å². The monoisotopic (exact) mass is 227 g/mol. The minimum atomic E-state index is 0.0727. The highest BCUT2D eigenvalue weighted by Crippen LogP contribution is 2.01. The molecule has 0 spiro atoms. The smallest absolute Gasteiger partial charge is 0.165 e. The molecule has 0 saturated carbocycles. The first-order valence-corrected chi connectivity index (χ1v) is 5.52. The molecule has 1 rings (SSSR count). The van der Waals surface area contributed by atoms with Crippen molar-refractivity contribution in [2.45, 2.75) is 45.8 Å². The van der Waals surface area contributed by atoms with E-state index in [9.17, 15) is 0 Å². The Labute approximate surface area is 96.4 Å². The Morgan fingerprint density at radius 2 is 2.12 bits per heavy atom. The Morgan fingerprint density at radius 1 is 1.38 bits per heavy atom. The zero-order chi connectivity index (χ0) is 12.0. The highest BCUT2D eigenvalue weighted by molar-refractivity contribution is 4.83. The van der Waals surface area contributed by atoms with Crippen LogP contribution < -0.4 is 5.32 Å². The average molecular weight is 227 g/mol. The Hall–Kier alpha value is -1.01. The molecule has 6 heteroatoms. The van der Waals surface area contributed by atoms with Crippen molar-refractivity contribution in [2.24, 2.45) is 0 Å². The summed E-state index contributed by atoms with van der Waals surface area (Å²) in [5.41, 5.74) is 0.0727. The number of ether oxygens (including phenoxy) is 1. The summed E-state index contributed by atoms with van der Waals surface area (Å²) in [6.45, 7) is 8.56. The molecular weight excluding hydrogens is 206 g/mol. The molecule has 92 valence electrons. The Bertz CT molecular complexity index is 304. The third-order valence-electron chi connectivity index (χ3n) is 2.10. The molecule has 0 atom stereocenters. The Morgan fingerprint density at radius 3 is 2.75 bits per heavy atom. The van der Waals surface area contributed by atoms with Gasteiger partial charge in [0.05, 0.1) is 6.54 Å². The summed E-state index contributed by atoms with van der Waals surface area (Å²) in [4.78, 5) is 0. The molecule has 0 aliphatic rings. The molecule has 0 aliphatic heterocycles. The number of hydrogen-bond acceptors (Lipinski definition) is 5. The van der Waals surface area contributed by atoms with Gasteiger partial charge in [0.25, 0.3) is 0 Å². The van der Waals surface area contributed by atoms with Crippen LogP contribution >= 0.6 is 0 Å². The summed E-state index contributed by atoms with van der Waals surface area (Å²) in [6, 6.07) is 0. The average Bonchev–Trinajstić information content (AvgIpc) is 2.62. The maximum Gasteiger partial charge on any atom is 0.165 e. The van der Waals surface area contributed by atoms with Crippen LogP contribution in [0.1, 0.15) is 33.0 Å². The van der Waals surface area contributed by atoms with E-state index in [-0.39, 0.29) is 5.54 Å². The molecule has 1 aromatic rings. The number of hydrogen-bond donors (Lipinski definition) is 1. The van der Waals surface area contributed by atoms with Gasteiger partial charge in [-0.05, 0) is 37.6 Å². The molecule has 0 radical (unpaired) electrons. The molecular formula is C10H21N5O. The Kier molecular flexibility index (Phi) is 4.82. The quantitative estimate of drug-likeness (QED) is 0.721. The van der Waals surface area contributed by atoms with Crippen molar-refractivity contribution >= 4 is 0 Å². The van der Waals surface area contributed by atoms with Gasteiger partial charge in [-0.25, -0.2) is 4.68 Å². The standard InChI is InChI=1S/C10H21N5O/c1-10(2,3)11-8-9-12-13-14-15(9)6-5-7-16-4/h11H,5-8H2,1-4H3. The number of nitrogens with one attached hydrogen (secondary N) is 1. The van der Waals surface area contributed by atoms with E-state index in [2.05, 4.69) is 41.6 Å². The van der Waals surface area contributed by atoms with Crippen molar-refractivity contribution in [2.75, 3.05) is 13.7 Å². The fourth-order valence-corrected chi connectivity index (χ4v) is 1.23. The van der Waals surface area contributed by atoms with Crippen molar-refractivity contribution in [3.8, 4) is 0 Å². The lowest BCUT2D eigenvalue weighted by Crippen LogP contribution is -2.36. The van der Waals surface area contributed by atoms with Crippen LogP contribution in [0.3, 0.4) is 0 Å². The lowest BCUT2D eigenvalue weighted by molar-refractivity contribution is 0.188. The number of rotatable bonds is 6. The van der Waals surface area contributed by atoms with Crippen LogP contribution in [0, 0.1) is 0 Å². The zero-order valence-corrected chi connectivity index (χ0v) is 10.5. The largest absolute Gasteiger partial charge is 0.385 e. The van der Waals surface area contributed by atoms with Gasteiger partial charge in [0.2, 0.25) is 0 Å². The number of nitrogens with zero attached hydrogens (tertiary/aromatic N) is 4. The summed E-state index contributed by atoms with van der Waals surface area (Å²) < 4.78 is 6.81. The van der Waals surface area contributed by atoms with Gasteiger partial charge in [0, 0.05) is 25.8 Å². The summed E-state index contributed by atoms with van der Waals surface area (Å²) in [5, 5.41) is 15.0. The van der Waals surface area contributed by atoms with E-state index in [0.29, 0.717) is 6.54 Å². The van der Waals surface area contributed by atoms with Crippen LogP contribution in [0.2, 0.25) is 0 Å². The van der Waals surface area contributed by atoms with Crippen molar-refractivity contribution in [1.82, 2.24) is 25.5 Å². The summed E-state index contributed by atoms with van der Waals surface area (Å²) in [6.07, 6.45) is 0.921. The molecule has 1 aromatic heterocycles. The second kappa shape index (κ2) is 5.91.